The van der Waals surface area contributed by atoms with Gasteiger partial charge in [0.2, 0.25) is 0 Å². The molecule has 0 amide bonds. The first-order valence-corrected chi connectivity index (χ1v) is 5.84. The second-order valence-electron chi connectivity index (χ2n) is 3.91. The van der Waals surface area contributed by atoms with Gasteiger partial charge in [-0.05, 0) is 42.3 Å². The molecule has 0 fully saturated rings. The molecule has 0 atom stereocenters. The highest BCUT2D eigenvalue weighted by atomic mass is 19.4. The van der Waals surface area contributed by atoms with E-state index in [0.29, 0.717) is 17.0 Å². The maximum atomic E-state index is 12.0. The summed E-state index contributed by atoms with van der Waals surface area (Å²) in [6, 6.07) is 8.71. The topological polar surface area (TPSA) is 31.4 Å². The normalized spacial score (nSPS) is 10.5. The molecule has 0 aliphatic rings. The van der Waals surface area contributed by atoms with Crippen molar-refractivity contribution in [3.63, 3.8) is 0 Å². The average molecular weight is 293 g/mol. The lowest BCUT2D eigenvalue weighted by Crippen LogP contribution is -2.16. The highest BCUT2D eigenvalue weighted by molar-refractivity contribution is 5.42. The summed E-state index contributed by atoms with van der Waals surface area (Å²) in [5.41, 5.74) is 1.09. The maximum Gasteiger partial charge on any atom is 0.573 e. The number of nitrogens with zero attached hydrogens (tertiary/aromatic N) is 1. The lowest BCUT2D eigenvalue weighted by Gasteiger charge is -2.07. The van der Waals surface area contributed by atoms with Crippen LogP contribution in [0.15, 0.2) is 42.6 Å². The Hall–Kier alpha value is -2.68. The summed E-state index contributed by atoms with van der Waals surface area (Å²) in [5, 5.41) is 0. The molecule has 0 bridgehead atoms. The van der Waals surface area contributed by atoms with Crippen molar-refractivity contribution in [2.75, 3.05) is 7.11 Å². The van der Waals surface area contributed by atoms with E-state index in [9.17, 15) is 13.2 Å². The van der Waals surface area contributed by atoms with Gasteiger partial charge in [0.1, 0.15) is 17.2 Å². The molecule has 1 aromatic heterocycles. The predicted octanol–water partition coefficient (Wildman–Crippen LogP) is 3.39. The number of pyridine rings is 1. The maximum absolute atomic E-state index is 12.0. The lowest BCUT2D eigenvalue weighted by molar-refractivity contribution is -0.274. The monoisotopic (exact) mass is 293 g/mol. The van der Waals surface area contributed by atoms with Crippen LogP contribution < -0.4 is 9.47 Å². The van der Waals surface area contributed by atoms with Crippen molar-refractivity contribution in [1.29, 1.82) is 0 Å². The second kappa shape index (κ2) is 6.18. The Kier molecular flexibility index (Phi) is 4.33. The van der Waals surface area contributed by atoms with Crippen molar-refractivity contribution < 1.29 is 22.6 Å². The SMILES string of the molecule is COc1ccc(C#Cc2ccc(OC(F)(F)F)cc2)nc1. The van der Waals surface area contributed by atoms with Crippen LogP contribution in [0.4, 0.5) is 13.2 Å². The minimum atomic E-state index is -4.69. The highest BCUT2D eigenvalue weighted by Crippen LogP contribution is 2.22. The van der Waals surface area contributed by atoms with Gasteiger partial charge in [-0.1, -0.05) is 5.92 Å². The molecule has 1 aromatic carbocycles. The summed E-state index contributed by atoms with van der Waals surface area (Å²) < 4.78 is 44.8. The van der Waals surface area contributed by atoms with Crippen molar-refractivity contribution in [1.82, 2.24) is 4.98 Å². The minimum Gasteiger partial charge on any atom is -0.495 e. The third kappa shape index (κ3) is 4.73. The van der Waals surface area contributed by atoms with E-state index in [1.165, 1.54) is 37.6 Å². The Balaban J connectivity index is 2.08. The van der Waals surface area contributed by atoms with E-state index in [2.05, 4.69) is 21.6 Å². The van der Waals surface area contributed by atoms with Crippen molar-refractivity contribution >= 4 is 0 Å². The van der Waals surface area contributed by atoms with Gasteiger partial charge in [-0.2, -0.15) is 0 Å². The van der Waals surface area contributed by atoms with Gasteiger partial charge in [-0.15, -0.1) is 13.2 Å². The molecule has 2 aromatic rings. The third-order valence-electron chi connectivity index (χ3n) is 2.39. The highest BCUT2D eigenvalue weighted by Gasteiger charge is 2.30. The number of benzene rings is 1. The Bertz CT molecular complexity index is 653. The molecule has 1 heterocycles. The van der Waals surface area contributed by atoms with Crippen LogP contribution in [-0.2, 0) is 0 Å². The van der Waals surface area contributed by atoms with E-state index >= 15 is 0 Å². The lowest BCUT2D eigenvalue weighted by atomic mass is 10.2. The molecule has 0 saturated heterocycles. The molecular weight excluding hydrogens is 283 g/mol. The Morgan fingerprint density at radius 2 is 1.62 bits per heavy atom. The van der Waals surface area contributed by atoms with Crippen molar-refractivity contribution in [3.05, 3.63) is 53.9 Å². The molecule has 0 aliphatic carbocycles. The smallest absolute Gasteiger partial charge is 0.495 e. The summed E-state index contributed by atoms with van der Waals surface area (Å²) in [4.78, 5) is 4.06. The van der Waals surface area contributed by atoms with Gasteiger partial charge in [-0.3, -0.25) is 0 Å². The fourth-order valence-corrected chi connectivity index (χ4v) is 1.45. The number of halogens is 3. The fourth-order valence-electron chi connectivity index (χ4n) is 1.45. The predicted molar refractivity (Wildman–Crippen MR) is 69.9 cm³/mol. The Labute approximate surface area is 119 Å². The zero-order valence-corrected chi connectivity index (χ0v) is 10.9. The molecule has 0 spiro atoms. The van der Waals surface area contributed by atoms with Gasteiger partial charge in [0.15, 0.2) is 0 Å². The van der Waals surface area contributed by atoms with Gasteiger partial charge in [0.05, 0.1) is 13.3 Å². The van der Waals surface area contributed by atoms with Crippen LogP contribution in [0.3, 0.4) is 0 Å². The summed E-state index contributed by atoms with van der Waals surface area (Å²) in [6.07, 6.45) is -3.16. The van der Waals surface area contributed by atoms with Crippen LogP contribution in [0.25, 0.3) is 0 Å². The van der Waals surface area contributed by atoms with E-state index in [1.54, 1.807) is 12.1 Å². The first-order chi connectivity index (χ1) is 9.96. The molecule has 0 saturated carbocycles. The number of aromatic nitrogens is 1. The van der Waals surface area contributed by atoms with Crippen LogP contribution in [0.5, 0.6) is 11.5 Å². The Morgan fingerprint density at radius 1 is 0.952 bits per heavy atom. The molecule has 108 valence electrons. The van der Waals surface area contributed by atoms with Crippen LogP contribution in [0.2, 0.25) is 0 Å². The van der Waals surface area contributed by atoms with Gasteiger partial charge < -0.3 is 9.47 Å². The standard InChI is InChI=1S/C15H10F3NO2/c1-20-14-9-6-12(19-10-14)5-2-11-3-7-13(8-4-11)21-15(16,17)18/h3-4,6-10H,1H3. The number of rotatable bonds is 2. The van der Waals surface area contributed by atoms with E-state index in [4.69, 9.17) is 4.74 Å². The van der Waals surface area contributed by atoms with Crippen LogP contribution in [0.1, 0.15) is 11.3 Å². The quantitative estimate of drug-likeness (QED) is 0.795. The van der Waals surface area contributed by atoms with E-state index in [1.807, 2.05) is 0 Å². The third-order valence-corrected chi connectivity index (χ3v) is 2.39. The molecule has 2 rings (SSSR count). The van der Waals surface area contributed by atoms with E-state index in [-0.39, 0.29) is 5.75 Å². The van der Waals surface area contributed by atoms with Crippen LogP contribution in [0, 0.1) is 11.8 Å². The van der Waals surface area contributed by atoms with Crippen LogP contribution in [-0.4, -0.2) is 18.5 Å². The summed E-state index contributed by atoms with van der Waals surface area (Å²) >= 11 is 0. The molecular formula is C15H10F3NO2. The first-order valence-electron chi connectivity index (χ1n) is 5.84. The van der Waals surface area contributed by atoms with Gasteiger partial charge >= 0.3 is 6.36 Å². The number of alkyl halides is 3. The van der Waals surface area contributed by atoms with Gasteiger partial charge in [0.25, 0.3) is 0 Å². The molecule has 6 heteroatoms. The summed E-state index contributed by atoms with van der Waals surface area (Å²) in [5.74, 6) is 5.94. The number of hydrogen-bond donors (Lipinski definition) is 0. The minimum absolute atomic E-state index is 0.282. The average Bonchev–Trinajstić information content (AvgIpc) is 2.45. The second-order valence-corrected chi connectivity index (χ2v) is 3.91. The molecule has 0 unspecified atom stereocenters. The summed E-state index contributed by atoms with van der Waals surface area (Å²) in [7, 11) is 1.53. The van der Waals surface area contributed by atoms with E-state index < -0.39 is 6.36 Å². The van der Waals surface area contributed by atoms with Crippen molar-refractivity contribution in [2.24, 2.45) is 0 Å². The van der Waals surface area contributed by atoms with Crippen molar-refractivity contribution in [2.45, 2.75) is 6.36 Å². The number of methoxy groups -OCH3 is 1. The largest absolute Gasteiger partial charge is 0.573 e. The summed E-state index contributed by atoms with van der Waals surface area (Å²) in [6.45, 7) is 0. The van der Waals surface area contributed by atoms with Gasteiger partial charge in [-0.25, -0.2) is 4.98 Å². The van der Waals surface area contributed by atoms with Crippen LogP contribution >= 0.6 is 0 Å². The first kappa shape index (κ1) is 14.7. The van der Waals surface area contributed by atoms with Gasteiger partial charge in [0, 0.05) is 5.56 Å². The molecule has 0 radical (unpaired) electrons. The molecule has 21 heavy (non-hydrogen) atoms. The molecule has 0 aliphatic heterocycles. The van der Waals surface area contributed by atoms with E-state index in [0.717, 1.165) is 0 Å². The Morgan fingerprint density at radius 3 is 2.14 bits per heavy atom. The zero-order valence-electron chi connectivity index (χ0n) is 10.9. The molecule has 0 N–H and O–H groups in total. The number of ether oxygens (including phenoxy) is 2. The fraction of sp³-hybridized carbons (Fsp3) is 0.133. The van der Waals surface area contributed by atoms with Crippen molar-refractivity contribution in [3.8, 4) is 23.3 Å². The zero-order chi connectivity index (χ0) is 15.3. The number of hydrogen-bond acceptors (Lipinski definition) is 3. The molecule has 3 nitrogen and oxygen atoms in total.